The fourth-order valence-corrected chi connectivity index (χ4v) is 21.3. The molecule has 8 fully saturated rings. The van der Waals surface area contributed by atoms with Crippen molar-refractivity contribution in [1.29, 1.82) is 0 Å². The van der Waals surface area contributed by atoms with Gasteiger partial charge in [-0.15, -0.1) is 13.2 Å². The van der Waals surface area contributed by atoms with Crippen LogP contribution in [-0.4, -0.2) is 251 Å². The van der Waals surface area contributed by atoms with Gasteiger partial charge >= 0.3 is 6.09 Å². The van der Waals surface area contributed by atoms with Gasteiger partial charge in [-0.3, -0.25) is 30.3 Å². The lowest BCUT2D eigenvalue weighted by Gasteiger charge is -2.35. The van der Waals surface area contributed by atoms with Crippen molar-refractivity contribution in [2.45, 2.75) is 59.6 Å². The third kappa shape index (κ3) is 29.2. The van der Waals surface area contributed by atoms with Gasteiger partial charge in [-0.05, 0) is 93.7 Å². The van der Waals surface area contributed by atoms with Gasteiger partial charge in [-0.2, -0.15) is 5.48 Å². The second-order valence-corrected chi connectivity index (χ2v) is 39.8. The summed E-state index contributed by atoms with van der Waals surface area (Å²) in [7, 11) is 0. The maximum absolute atomic E-state index is 14.6. The van der Waals surface area contributed by atoms with Crippen LogP contribution in [0.5, 0.6) is 0 Å². The van der Waals surface area contributed by atoms with E-state index in [0.29, 0.717) is 153 Å². The number of amides is 3. The zero-order valence-electron chi connectivity index (χ0n) is 81.6. The molecule has 20 rings (SSSR count). The highest BCUT2D eigenvalue weighted by Crippen LogP contribution is 2.50. The van der Waals surface area contributed by atoms with Crippen molar-refractivity contribution in [2.24, 2.45) is 78.2 Å². The number of ether oxygens (including phenoxy) is 10. The Hall–Kier alpha value is -11.5. The van der Waals surface area contributed by atoms with Crippen LogP contribution < -0.4 is 38.2 Å². The van der Waals surface area contributed by atoms with Crippen molar-refractivity contribution in [3.63, 3.8) is 0 Å². The molecule has 0 spiro atoms. The number of benzene rings is 8. The van der Waals surface area contributed by atoms with Crippen molar-refractivity contribution < 1.29 is 123 Å². The van der Waals surface area contributed by atoms with E-state index in [-0.39, 0.29) is 132 Å². The Kier molecular flexibility index (Phi) is 43.1. The normalized spacial score (nSPS) is 25.7. The molecule has 0 bridgehead atoms. The summed E-state index contributed by atoms with van der Waals surface area (Å²) in [5.41, 5.74) is 13.7. The number of oxime groups is 2. The van der Waals surface area contributed by atoms with Crippen LogP contribution in [0.2, 0.25) is 0 Å². The molecule has 0 aliphatic carbocycles. The summed E-state index contributed by atoms with van der Waals surface area (Å²) in [5, 5.41) is 64.9. The highest BCUT2D eigenvalue weighted by Gasteiger charge is 2.55. The van der Waals surface area contributed by atoms with E-state index in [4.69, 9.17) is 96.0 Å². The number of alkyl carbamates (subject to hydrolysis) is 1. The summed E-state index contributed by atoms with van der Waals surface area (Å²) in [4.78, 5) is 71.1. The predicted octanol–water partition coefficient (Wildman–Crippen LogP) is 12.8. The summed E-state index contributed by atoms with van der Waals surface area (Å²) in [6.45, 7) is 20.9. The van der Waals surface area contributed by atoms with Crippen LogP contribution in [0.25, 0.3) is 0 Å². The van der Waals surface area contributed by atoms with Gasteiger partial charge in [0.2, 0.25) is 0 Å². The topological polar surface area (TPSA) is 460 Å². The maximum atomic E-state index is 14.6. The average molecular weight is 2130 g/mol. The van der Waals surface area contributed by atoms with Crippen LogP contribution >= 0.6 is 47.5 Å². The molecule has 0 radical (unpaired) electrons. The van der Waals surface area contributed by atoms with Gasteiger partial charge in [-0.1, -0.05) is 185 Å². The SMILES string of the molecule is C1OCC2CON=C12.C=CCOCC=NO.C=CCOCCO.CC(C)(C)OC(=O)NC1=N[C@@]2(c3cc([N+](=O)[O-])ccc3F)COC[C@H]2CS1.Fc1ccccc1[C@]12COC[C@H]1CON2.NC1=N[C@@]2(c3ccccc3F)COC[C@H]2CS1.N[C@@]1(c2ccccc2F)COC[C@H]1CO.O=C(NC(=S)N[C@@]1(c2ccccc2F)COC[C@H]1CO)c1ccccc1.O=C(NC1=N[C@@]2(c3ccccc3F)COC[C@H]2CS1)c1ccccc1. The molecule has 0 aromatic heterocycles. The number of aliphatic hydroxyl groups is 3. The van der Waals surface area contributed by atoms with Crippen LogP contribution in [0.1, 0.15) is 74.9 Å². The number of rotatable bonds is 20. The van der Waals surface area contributed by atoms with E-state index in [1.54, 1.807) is 142 Å². The molecule has 34 nitrogen and oxygen atoms in total. The first kappa shape index (κ1) is 115. The number of non-ortho nitro benzene ring substituents is 1. The number of aliphatic imine (C=N–C) groups is 3. The van der Waals surface area contributed by atoms with Gasteiger partial charge in [0, 0.05) is 109 Å². The van der Waals surface area contributed by atoms with E-state index >= 15 is 0 Å². The van der Waals surface area contributed by atoms with Crippen LogP contribution in [0.3, 0.4) is 0 Å². The zero-order chi connectivity index (χ0) is 106. The van der Waals surface area contributed by atoms with E-state index in [1.807, 2.05) is 42.5 Å². The Morgan fingerprint density at radius 3 is 1.55 bits per heavy atom. The van der Waals surface area contributed by atoms with E-state index in [1.165, 1.54) is 77.9 Å². The van der Waals surface area contributed by atoms with Crippen molar-refractivity contribution in [3.8, 4) is 0 Å². The molecule has 12 aliphatic heterocycles. The number of aliphatic hydroxyl groups excluding tert-OH is 3. The number of halogens is 6. The Balaban J connectivity index is 0.000000152. The van der Waals surface area contributed by atoms with E-state index in [9.17, 15) is 61.1 Å². The number of thioether (sulfide) groups is 3. The summed E-state index contributed by atoms with van der Waals surface area (Å²) in [5.74, 6) is -0.424. The Bertz CT molecular complexity index is 5950. The fraction of sp³-hybridized carbons (Fsp3) is 0.413. The number of fused-ring (bicyclic) bond motifs is 5. The minimum absolute atomic E-state index is 0.0473. The molecule has 8 aromatic rings. The second-order valence-electron chi connectivity index (χ2n) is 36.4. The standard InChI is InChI=1S/C19H19FN2O3S.C19H17FN2O2S.C17H20FN3O5S.C12H13FN2OS.C11H12FNO2.C11H14FNO2.C5H7NO2.C5H9NO2.C5H10O2/c20-16-9-5-4-8-15(16)19(12-25-11-14(19)10-23)22-18(26)21-17(24)13-6-2-1-3-7-13;20-16-9-5-4-8-15(16)19-12-24-10-14(19)11-25-18(22-19)21-17(23)13-6-2-1-3-7-13;1-16(2,3)26-15(22)19-14-20-17(9-25-7-10(17)8-27-14)12-6-11(21(23)24)4-5-13(12)18;13-10-4-2-1-3-9(10)12-7-16-5-8(12)6-17-11(14)15-12;12-10-4-2-1-3-9(10)11-7-14-5-8(11)6-15-13-11;12-10-4-2-1-3-9(10)11(13)7-15-6-8(11)5-14;1-4-2-8-6-5(4)3-7-1;1-2-4-8-5-3-6-7;1-2-4-7-5-3-6/h1-9,14,23H,10-12H2,(H2,21,22,24,26);1-9,14H,10-12H2,(H,21,22,23);4-6,10H,7-9H2,1-3H3,(H,19,20,22);1-4,8H,5-7H2,(H2,14,15);1-4,8,13H,5-7H2;1-4,8,14H,5-7,13H2;4H,1-3H2;2-3,7H,1,4-5H2;2,6H,1,3-5H2/t14-,19+;14-,19-;10-,17-;8-,12-;8-,11-;8-,11+;;;/m100001.../s1. The third-order valence-electron chi connectivity index (χ3n) is 25.5. The Labute approximate surface area is 870 Å². The Morgan fingerprint density at radius 1 is 0.547 bits per heavy atom. The molecule has 148 heavy (non-hydrogen) atoms. The van der Waals surface area contributed by atoms with Gasteiger partial charge in [0.1, 0.15) is 69.3 Å². The summed E-state index contributed by atoms with van der Waals surface area (Å²) in [6.07, 6.45) is 3.88. The van der Waals surface area contributed by atoms with Gasteiger partial charge in [0.05, 0.1) is 179 Å². The number of hydroxylamine groups is 1. The summed E-state index contributed by atoms with van der Waals surface area (Å²) < 4.78 is 137. The monoisotopic (exact) mass is 2130 g/mol. The van der Waals surface area contributed by atoms with E-state index in [2.05, 4.69) is 60.2 Å². The number of amidine groups is 3. The average Bonchev–Trinajstić information content (AvgIpc) is 1.51. The van der Waals surface area contributed by atoms with Gasteiger partial charge in [-0.25, -0.2) is 46.1 Å². The quantitative estimate of drug-likeness (QED) is 0.00493. The number of carbonyl (C=O) groups excluding carboxylic acids is 3. The van der Waals surface area contributed by atoms with Gasteiger partial charge in [0.15, 0.2) is 20.6 Å². The Morgan fingerprint density at radius 2 is 1.02 bits per heavy atom. The molecule has 13 atom stereocenters. The van der Waals surface area contributed by atoms with Crippen LogP contribution in [0, 0.1) is 86.4 Å². The fourth-order valence-electron chi connectivity index (χ4n) is 17.9. The number of nitrogens with one attached hydrogen (secondary N) is 5. The molecule has 0 saturated carbocycles. The predicted molar refractivity (Wildman–Crippen MR) is 552 cm³/mol. The van der Waals surface area contributed by atoms with E-state index in [0.717, 1.165) is 42.6 Å². The molecule has 12 heterocycles. The molecule has 44 heteroatoms. The largest absolute Gasteiger partial charge is 0.444 e. The van der Waals surface area contributed by atoms with Crippen LogP contribution in [-0.2, 0) is 90.3 Å². The number of nitrogens with two attached hydrogens (primary N) is 2. The first-order valence-electron chi connectivity index (χ1n) is 47.3. The minimum atomic E-state index is -1.12. The highest BCUT2D eigenvalue weighted by atomic mass is 32.2. The van der Waals surface area contributed by atoms with Gasteiger partial charge < -0.3 is 99.7 Å². The molecule has 794 valence electrons. The molecule has 1 unspecified atom stereocenters. The lowest BCUT2D eigenvalue weighted by Crippen LogP contribution is -2.56. The lowest BCUT2D eigenvalue weighted by molar-refractivity contribution is -0.385. The van der Waals surface area contributed by atoms with E-state index < -0.39 is 67.4 Å². The molecule has 3 amide bonds. The van der Waals surface area contributed by atoms with Crippen molar-refractivity contribution in [1.82, 2.24) is 26.7 Å². The minimum Gasteiger partial charge on any atom is -0.444 e. The first-order valence-corrected chi connectivity index (χ1v) is 50.7. The number of hydrogen-bond donors (Lipinski definition) is 11. The van der Waals surface area contributed by atoms with Gasteiger partial charge in [0.25, 0.3) is 17.5 Å². The van der Waals surface area contributed by atoms with Crippen molar-refractivity contribution in [3.05, 3.63) is 315 Å². The number of carbonyl (C=O) groups is 3. The molecule has 8 saturated heterocycles. The molecule has 8 aromatic carbocycles. The summed E-state index contributed by atoms with van der Waals surface area (Å²) in [6, 6.07) is 53.9. The molecular formula is C104H121F6N13O21S4. The molecular weight excluding hydrogens is 2010 g/mol. The first-order chi connectivity index (χ1) is 71.4. The van der Waals surface area contributed by atoms with Crippen molar-refractivity contribution in [2.75, 3.05) is 169 Å². The number of hydrogen-bond acceptors (Lipinski definition) is 33. The second kappa shape index (κ2) is 55.3. The molecule has 12 aliphatic rings. The number of nitro benzene ring substituents is 1. The van der Waals surface area contributed by atoms with Crippen LogP contribution in [0.4, 0.5) is 36.8 Å². The number of nitrogens with zero attached hydrogens (tertiary/aromatic N) is 6. The smallest absolute Gasteiger partial charge is 0.413 e. The van der Waals surface area contributed by atoms with Crippen molar-refractivity contribution >= 4 is 104 Å². The number of nitro groups is 1. The number of thiocarbonyl (C=S) groups is 1. The summed E-state index contributed by atoms with van der Waals surface area (Å²) >= 11 is 9.58. The molecule has 13 N–H and O–H groups in total. The zero-order valence-corrected chi connectivity index (χ0v) is 84.9. The maximum Gasteiger partial charge on any atom is 0.413 e. The lowest BCUT2D eigenvalue weighted by atomic mass is 9.80. The van der Waals surface area contributed by atoms with Crippen LogP contribution in [0.15, 0.2) is 251 Å². The third-order valence-corrected chi connectivity index (χ3v) is 28.8. The highest BCUT2D eigenvalue weighted by molar-refractivity contribution is 8.14.